The van der Waals surface area contributed by atoms with E-state index in [1.54, 1.807) is 24.3 Å². The van der Waals surface area contributed by atoms with E-state index in [0.717, 1.165) is 9.09 Å². The van der Waals surface area contributed by atoms with Gasteiger partial charge in [0, 0.05) is 10.4 Å². The topological polar surface area (TPSA) is 58.6 Å². The maximum absolute atomic E-state index is 13.9. The van der Waals surface area contributed by atoms with Gasteiger partial charge in [-0.3, -0.25) is 0 Å². The lowest BCUT2D eigenvalue weighted by atomic mass is 10.2. The van der Waals surface area contributed by atoms with E-state index in [1.807, 2.05) is 12.1 Å². The van der Waals surface area contributed by atoms with Gasteiger partial charge in [0.2, 0.25) is 0 Å². The number of methoxy groups -OCH3 is 1. The normalized spacial score (nSPS) is 10.5. The van der Waals surface area contributed by atoms with Gasteiger partial charge in [-0.05, 0) is 48.3 Å². The highest BCUT2D eigenvalue weighted by Gasteiger charge is 2.11. The van der Waals surface area contributed by atoms with Crippen LogP contribution < -0.4 is 9.46 Å². The number of aromatic carboxylic acids is 1. The Hall–Kier alpha value is -2.51. The highest BCUT2D eigenvalue weighted by atomic mass is 32.2. The van der Waals surface area contributed by atoms with Gasteiger partial charge in [-0.1, -0.05) is 18.2 Å². The minimum Gasteiger partial charge on any atom is -0.495 e. The first-order valence-electron chi connectivity index (χ1n) is 7.27. The molecule has 0 aliphatic carbocycles. The molecule has 4 nitrogen and oxygen atoms in total. The molecular formula is C18H14FNO3S2. The van der Waals surface area contributed by atoms with E-state index in [-0.39, 0.29) is 11.4 Å². The fraction of sp³-hybridized carbons (Fsp3) is 0.0556. The third-order valence-corrected chi connectivity index (χ3v) is 5.50. The molecule has 0 bridgehead atoms. The van der Waals surface area contributed by atoms with Crippen molar-refractivity contribution in [3.8, 4) is 16.2 Å². The van der Waals surface area contributed by atoms with Crippen molar-refractivity contribution < 1.29 is 19.0 Å². The van der Waals surface area contributed by atoms with Crippen LogP contribution in [0.15, 0.2) is 58.8 Å². The van der Waals surface area contributed by atoms with Gasteiger partial charge < -0.3 is 14.6 Å². The molecule has 2 N–H and O–H groups in total. The number of halogens is 1. The Balaban J connectivity index is 1.75. The summed E-state index contributed by atoms with van der Waals surface area (Å²) >= 11 is 2.82. The van der Waals surface area contributed by atoms with Crippen molar-refractivity contribution in [1.82, 2.24) is 0 Å². The smallest absolute Gasteiger partial charge is 0.335 e. The molecule has 25 heavy (non-hydrogen) atoms. The number of hydrogen-bond donors (Lipinski definition) is 2. The van der Waals surface area contributed by atoms with E-state index < -0.39 is 5.97 Å². The molecule has 0 aliphatic rings. The van der Waals surface area contributed by atoms with Crippen molar-refractivity contribution in [2.75, 3.05) is 11.8 Å². The lowest BCUT2D eigenvalue weighted by Gasteiger charge is -2.10. The monoisotopic (exact) mass is 375 g/mol. The minimum atomic E-state index is -1.01. The molecule has 0 unspecified atom stereocenters. The maximum Gasteiger partial charge on any atom is 0.335 e. The second-order valence-corrected chi connectivity index (χ2v) is 7.21. The number of thiophene rings is 1. The van der Waals surface area contributed by atoms with Crippen molar-refractivity contribution in [2.45, 2.75) is 4.21 Å². The molecule has 0 spiro atoms. The SMILES string of the molecule is COc1cc(C(=O)O)ccc1NSc1ccc(-c2ccccc2F)s1. The van der Waals surface area contributed by atoms with E-state index in [9.17, 15) is 9.18 Å². The lowest BCUT2D eigenvalue weighted by molar-refractivity contribution is 0.0696. The predicted octanol–water partition coefficient (Wildman–Crippen LogP) is 5.38. The molecule has 2 aromatic carbocycles. The Labute approximate surface area is 152 Å². The molecule has 0 aliphatic heterocycles. The Bertz CT molecular complexity index is 911. The fourth-order valence-electron chi connectivity index (χ4n) is 2.19. The minimum absolute atomic E-state index is 0.158. The average molecular weight is 375 g/mol. The van der Waals surface area contributed by atoms with E-state index in [0.29, 0.717) is 17.0 Å². The van der Waals surface area contributed by atoms with Crippen LogP contribution in [0, 0.1) is 5.82 Å². The molecule has 0 fully saturated rings. The number of ether oxygens (including phenoxy) is 1. The summed E-state index contributed by atoms with van der Waals surface area (Å²) in [5.74, 6) is -0.816. The number of carboxylic acid groups (broad SMARTS) is 1. The molecule has 0 radical (unpaired) electrons. The Morgan fingerprint density at radius 3 is 2.72 bits per heavy atom. The first-order chi connectivity index (χ1) is 12.1. The second-order valence-electron chi connectivity index (χ2n) is 5.02. The van der Waals surface area contributed by atoms with Crippen molar-refractivity contribution in [2.24, 2.45) is 0 Å². The average Bonchev–Trinajstić information content (AvgIpc) is 3.08. The molecule has 0 saturated carbocycles. The Kier molecular flexibility index (Phi) is 5.25. The summed E-state index contributed by atoms with van der Waals surface area (Å²) in [5, 5.41) is 9.03. The van der Waals surface area contributed by atoms with E-state index >= 15 is 0 Å². The van der Waals surface area contributed by atoms with Crippen LogP contribution in [0.25, 0.3) is 10.4 Å². The van der Waals surface area contributed by atoms with Crippen LogP contribution >= 0.6 is 23.3 Å². The van der Waals surface area contributed by atoms with E-state index in [2.05, 4.69) is 4.72 Å². The van der Waals surface area contributed by atoms with Gasteiger partial charge in [-0.25, -0.2) is 9.18 Å². The fourth-order valence-corrected chi connectivity index (χ4v) is 4.04. The molecule has 0 amide bonds. The van der Waals surface area contributed by atoms with Gasteiger partial charge >= 0.3 is 5.97 Å². The third kappa shape index (κ3) is 3.94. The number of hydrogen-bond acceptors (Lipinski definition) is 5. The van der Waals surface area contributed by atoms with Gasteiger partial charge in [0.15, 0.2) is 0 Å². The van der Waals surface area contributed by atoms with Gasteiger partial charge in [0.25, 0.3) is 0 Å². The quantitative estimate of drug-likeness (QED) is 0.567. The first-order valence-corrected chi connectivity index (χ1v) is 8.90. The molecule has 0 saturated heterocycles. The summed E-state index contributed by atoms with van der Waals surface area (Å²) in [5.41, 5.74) is 1.39. The highest BCUT2D eigenvalue weighted by Crippen LogP contribution is 2.37. The molecule has 3 aromatic rings. The summed E-state index contributed by atoms with van der Waals surface area (Å²) in [7, 11) is 1.48. The zero-order valence-electron chi connectivity index (χ0n) is 13.2. The number of benzene rings is 2. The number of anilines is 1. The molecule has 7 heteroatoms. The molecular weight excluding hydrogens is 361 g/mol. The van der Waals surface area contributed by atoms with Crippen molar-refractivity contribution in [3.05, 3.63) is 66.0 Å². The van der Waals surface area contributed by atoms with Gasteiger partial charge in [0.1, 0.15) is 11.6 Å². The van der Waals surface area contributed by atoms with Crippen molar-refractivity contribution in [3.63, 3.8) is 0 Å². The summed E-state index contributed by atoms with van der Waals surface area (Å²) in [4.78, 5) is 11.9. The summed E-state index contributed by atoms with van der Waals surface area (Å²) in [6, 6.07) is 15.1. The Morgan fingerprint density at radius 2 is 2.00 bits per heavy atom. The summed E-state index contributed by atoms with van der Waals surface area (Å²) in [6.45, 7) is 0. The molecule has 1 aromatic heterocycles. The van der Waals surface area contributed by atoms with Gasteiger partial charge in [-0.15, -0.1) is 11.3 Å². The number of carbonyl (C=O) groups is 1. The van der Waals surface area contributed by atoms with E-state index in [4.69, 9.17) is 9.84 Å². The third-order valence-electron chi connectivity index (χ3n) is 3.43. The lowest BCUT2D eigenvalue weighted by Crippen LogP contribution is -1.99. The zero-order valence-corrected chi connectivity index (χ0v) is 14.8. The zero-order chi connectivity index (χ0) is 17.8. The van der Waals surface area contributed by atoms with Crippen LogP contribution in [0.4, 0.5) is 10.1 Å². The first kappa shape index (κ1) is 17.3. The molecule has 1 heterocycles. The van der Waals surface area contributed by atoms with Crippen LogP contribution in [-0.2, 0) is 0 Å². The molecule has 0 atom stereocenters. The summed E-state index contributed by atoms with van der Waals surface area (Å²) < 4.78 is 23.2. The van der Waals surface area contributed by atoms with Crippen molar-refractivity contribution in [1.29, 1.82) is 0 Å². The molecule has 128 valence electrons. The maximum atomic E-state index is 13.9. The second kappa shape index (κ2) is 7.58. The number of carboxylic acids is 1. The van der Waals surface area contributed by atoms with Gasteiger partial charge in [-0.2, -0.15) is 0 Å². The van der Waals surface area contributed by atoms with Crippen LogP contribution in [0.1, 0.15) is 10.4 Å². The predicted molar refractivity (Wildman–Crippen MR) is 99.1 cm³/mol. The highest BCUT2D eigenvalue weighted by molar-refractivity contribution is 8.02. The molecule has 3 rings (SSSR count). The number of rotatable bonds is 6. The summed E-state index contributed by atoms with van der Waals surface area (Å²) in [6.07, 6.45) is 0. The van der Waals surface area contributed by atoms with Crippen LogP contribution in [-0.4, -0.2) is 18.2 Å². The Morgan fingerprint density at radius 1 is 1.20 bits per heavy atom. The van der Waals surface area contributed by atoms with E-state index in [1.165, 1.54) is 48.6 Å². The van der Waals surface area contributed by atoms with Crippen LogP contribution in [0.2, 0.25) is 0 Å². The van der Waals surface area contributed by atoms with Crippen LogP contribution in [0.5, 0.6) is 5.75 Å². The largest absolute Gasteiger partial charge is 0.495 e. The standard InChI is InChI=1S/C18H14FNO3S2/c1-23-15-10-11(18(21)22)6-7-14(15)20-25-17-9-8-16(24-17)12-4-2-3-5-13(12)19/h2-10,20H,1H3,(H,21,22). The van der Waals surface area contributed by atoms with Crippen molar-refractivity contribution >= 4 is 34.9 Å². The number of nitrogens with one attached hydrogen (secondary N) is 1. The van der Waals surface area contributed by atoms with Gasteiger partial charge in [0.05, 0.1) is 22.6 Å². The van der Waals surface area contributed by atoms with Crippen LogP contribution in [0.3, 0.4) is 0 Å².